The van der Waals surface area contributed by atoms with E-state index in [1.807, 2.05) is 24.0 Å². The highest BCUT2D eigenvalue weighted by atomic mass is 19.4. The Bertz CT molecular complexity index is 692. The third-order valence-corrected chi connectivity index (χ3v) is 4.96. The van der Waals surface area contributed by atoms with Crippen LogP contribution in [0.5, 0.6) is 11.5 Å². The number of hydrogen-bond acceptors (Lipinski definition) is 5. The first-order chi connectivity index (χ1) is 14.3. The maximum absolute atomic E-state index is 13.0. The van der Waals surface area contributed by atoms with E-state index in [2.05, 4.69) is 10.3 Å². The monoisotopic (exact) mass is 432 g/mol. The molecule has 2 rings (SSSR count). The molecule has 30 heavy (non-hydrogen) atoms. The smallest absolute Gasteiger partial charge is 0.403 e. The molecule has 0 saturated carbocycles. The molecule has 0 aliphatic carbocycles. The minimum atomic E-state index is -4.22. The van der Waals surface area contributed by atoms with Gasteiger partial charge in [-0.15, -0.1) is 0 Å². The van der Waals surface area contributed by atoms with Crippen molar-refractivity contribution in [1.29, 1.82) is 0 Å². The van der Waals surface area contributed by atoms with Crippen LogP contribution < -0.4 is 14.8 Å². The predicted octanol–water partition coefficient (Wildman–Crippen LogP) is 2.10. The van der Waals surface area contributed by atoms with Crippen molar-refractivity contribution in [3.8, 4) is 11.5 Å². The number of rotatable bonds is 8. The number of nitrogens with one attached hydrogen (secondary N) is 1. The topological polar surface area (TPSA) is 69.6 Å². The first kappa shape index (κ1) is 24.1. The van der Waals surface area contributed by atoms with Crippen LogP contribution in [-0.4, -0.2) is 86.1 Å². The van der Waals surface area contributed by atoms with Crippen molar-refractivity contribution in [2.75, 3.05) is 53.0 Å². The third-order valence-electron chi connectivity index (χ3n) is 4.96. The maximum Gasteiger partial charge on any atom is 0.403 e. The van der Waals surface area contributed by atoms with E-state index in [1.165, 1.54) is 11.8 Å². The predicted molar refractivity (Wildman–Crippen MR) is 109 cm³/mol. The lowest BCUT2D eigenvalue weighted by Crippen LogP contribution is -2.56. The second-order valence-electron chi connectivity index (χ2n) is 6.97. The molecular weight excluding hydrogens is 401 g/mol. The Balaban J connectivity index is 2.03. The van der Waals surface area contributed by atoms with Gasteiger partial charge in [-0.2, -0.15) is 13.2 Å². The maximum atomic E-state index is 13.0. The summed E-state index contributed by atoms with van der Waals surface area (Å²) in [5.74, 6) is 1.77. The van der Waals surface area contributed by atoms with Crippen molar-refractivity contribution in [3.05, 3.63) is 23.8 Å². The summed E-state index contributed by atoms with van der Waals surface area (Å²) in [6, 6.07) is 4.01. The lowest BCUT2D eigenvalue weighted by atomic mass is 10.2. The number of aliphatic hydroxyl groups excluding tert-OH is 1. The quantitative estimate of drug-likeness (QED) is 0.484. The molecular formula is C20H31F3N4O3. The number of hydrogen-bond donors (Lipinski definition) is 2. The van der Waals surface area contributed by atoms with Gasteiger partial charge in [0.2, 0.25) is 0 Å². The minimum Gasteiger partial charge on any atom is -0.493 e. The molecule has 1 aliphatic rings. The number of guanidine groups is 1. The summed E-state index contributed by atoms with van der Waals surface area (Å²) in [7, 11) is 1.54. The van der Waals surface area contributed by atoms with Gasteiger partial charge in [-0.3, -0.25) is 4.90 Å². The Hall–Kier alpha value is -2.20. The number of methoxy groups -OCH3 is 1. The highest BCUT2D eigenvalue weighted by Gasteiger charge is 2.41. The molecule has 0 radical (unpaired) electrons. The van der Waals surface area contributed by atoms with Crippen LogP contribution in [0, 0.1) is 0 Å². The van der Waals surface area contributed by atoms with Crippen LogP contribution in [0.25, 0.3) is 0 Å². The Morgan fingerprint density at radius 3 is 2.50 bits per heavy atom. The van der Waals surface area contributed by atoms with E-state index in [0.29, 0.717) is 56.7 Å². The number of halogens is 3. The molecule has 1 aromatic carbocycles. The molecule has 1 fully saturated rings. The SMILES string of the molecule is CCNC(=NCc1ccc(OCCO)c(OC)c1)N1CCN(C(C)C(F)(F)F)CC1. The van der Waals surface area contributed by atoms with Gasteiger partial charge in [0.1, 0.15) is 12.6 Å². The Labute approximate surface area is 175 Å². The van der Waals surface area contributed by atoms with Gasteiger partial charge >= 0.3 is 6.18 Å². The summed E-state index contributed by atoms with van der Waals surface area (Å²) >= 11 is 0. The summed E-state index contributed by atoms with van der Waals surface area (Å²) in [6.07, 6.45) is -4.22. The van der Waals surface area contributed by atoms with E-state index in [-0.39, 0.29) is 13.2 Å². The number of nitrogens with zero attached hydrogens (tertiary/aromatic N) is 3. The number of aliphatic hydroxyl groups is 1. The molecule has 0 aromatic heterocycles. The number of alkyl halides is 3. The molecule has 1 aromatic rings. The van der Waals surface area contributed by atoms with Crippen molar-refractivity contribution >= 4 is 5.96 Å². The zero-order valence-corrected chi connectivity index (χ0v) is 17.7. The van der Waals surface area contributed by atoms with Crippen LogP contribution in [-0.2, 0) is 6.54 Å². The van der Waals surface area contributed by atoms with Gasteiger partial charge in [0.25, 0.3) is 0 Å². The summed E-state index contributed by atoms with van der Waals surface area (Å²) in [4.78, 5) is 8.09. The zero-order chi connectivity index (χ0) is 22.1. The Kier molecular flexibility index (Phi) is 9.04. The fourth-order valence-corrected chi connectivity index (χ4v) is 3.21. The molecule has 1 saturated heterocycles. The summed E-state index contributed by atoms with van der Waals surface area (Å²) in [5.41, 5.74) is 0.905. The molecule has 7 nitrogen and oxygen atoms in total. The molecule has 170 valence electrons. The van der Waals surface area contributed by atoms with Crippen LogP contribution in [0.3, 0.4) is 0 Å². The van der Waals surface area contributed by atoms with Crippen LogP contribution in [0.4, 0.5) is 13.2 Å². The fraction of sp³-hybridized carbons (Fsp3) is 0.650. The van der Waals surface area contributed by atoms with Crippen molar-refractivity contribution in [2.45, 2.75) is 32.6 Å². The van der Waals surface area contributed by atoms with Gasteiger partial charge in [0.15, 0.2) is 17.5 Å². The van der Waals surface area contributed by atoms with Crippen molar-refractivity contribution in [3.63, 3.8) is 0 Å². The minimum absolute atomic E-state index is 0.0870. The van der Waals surface area contributed by atoms with Crippen LogP contribution >= 0.6 is 0 Å². The molecule has 10 heteroatoms. The second-order valence-corrected chi connectivity index (χ2v) is 6.97. The largest absolute Gasteiger partial charge is 0.493 e. The zero-order valence-electron chi connectivity index (χ0n) is 17.7. The van der Waals surface area contributed by atoms with Crippen molar-refractivity contribution < 1.29 is 27.8 Å². The highest BCUT2D eigenvalue weighted by molar-refractivity contribution is 5.80. The molecule has 2 N–H and O–H groups in total. The summed E-state index contributed by atoms with van der Waals surface area (Å²) in [5, 5.41) is 12.1. The van der Waals surface area contributed by atoms with Crippen LogP contribution in [0.1, 0.15) is 19.4 Å². The Morgan fingerprint density at radius 2 is 1.93 bits per heavy atom. The van der Waals surface area contributed by atoms with Crippen LogP contribution in [0.15, 0.2) is 23.2 Å². The van der Waals surface area contributed by atoms with E-state index >= 15 is 0 Å². The molecule has 0 spiro atoms. The average molecular weight is 432 g/mol. The fourth-order valence-electron chi connectivity index (χ4n) is 3.21. The molecule has 1 atom stereocenters. The number of aliphatic imine (C=N–C) groups is 1. The number of ether oxygens (including phenoxy) is 2. The number of benzene rings is 1. The van der Waals surface area contributed by atoms with E-state index in [0.717, 1.165) is 5.56 Å². The van der Waals surface area contributed by atoms with Crippen molar-refractivity contribution in [2.24, 2.45) is 4.99 Å². The van der Waals surface area contributed by atoms with Gasteiger partial charge in [-0.25, -0.2) is 4.99 Å². The van der Waals surface area contributed by atoms with Crippen molar-refractivity contribution in [1.82, 2.24) is 15.1 Å². The lowest BCUT2D eigenvalue weighted by molar-refractivity contribution is -0.181. The summed E-state index contributed by atoms with van der Waals surface area (Å²) in [6.45, 7) is 5.91. The van der Waals surface area contributed by atoms with E-state index in [1.54, 1.807) is 13.2 Å². The Morgan fingerprint density at radius 1 is 1.23 bits per heavy atom. The van der Waals surface area contributed by atoms with E-state index in [9.17, 15) is 13.2 Å². The number of piperazine rings is 1. The van der Waals surface area contributed by atoms with E-state index in [4.69, 9.17) is 14.6 Å². The molecule has 0 bridgehead atoms. The second kappa shape index (κ2) is 11.3. The molecule has 1 aliphatic heterocycles. The molecule has 1 heterocycles. The standard InChI is InChI=1S/C20H31F3N4O3/c1-4-24-19(27-9-7-26(8-10-27)15(2)20(21,22)23)25-14-16-5-6-17(30-12-11-28)18(13-16)29-3/h5-6,13,15,28H,4,7-12,14H2,1-3H3,(H,24,25). The van der Waals surface area contributed by atoms with Gasteiger partial charge in [0, 0.05) is 32.7 Å². The van der Waals surface area contributed by atoms with Gasteiger partial charge in [0.05, 0.1) is 20.3 Å². The first-order valence-electron chi connectivity index (χ1n) is 10.0. The average Bonchev–Trinajstić information content (AvgIpc) is 2.74. The lowest BCUT2D eigenvalue weighted by Gasteiger charge is -2.39. The summed E-state index contributed by atoms with van der Waals surface area (Å²) < 4.78 is 49.6. The third kappa shape index (κ3) is 6.66. The molecule has 1 unspecified atom stereocenters. The molecule has 0 amide bonds. The van der Waals surface area contributed by atoms with Gasteiger partial charge in [-0.1, -0.05) is 6.07 Å². The van der Waals surface area contributed by atoms with Crippen LogP contribution in [0.2, 0.25) is 0 Å². The first-order valence-corrected chi connectivity index (χ1v) is 10.0. The van der Waals surface area contributed by atoms with E-state index < -0.39 is 12.2 Å². The normalized spacial score (nSPS) is 17.0. The van der Waals surface area contributed by atoms with Gasteiger partial charge in [-0.05, 0) is 31.5 Å². The van der Waals surface area contributed by atoms with Gasteiger partial charge < -0.3 is 24.8 Å². The highest BCUT2D eigenvalue weighted by Crippen LogP contribution is 2.28.